The number of methoxy groups -OCH3 is 1. The van der Waals surface area contributed by atoms with E-state index in [1.54, 1.807) is 13.2 Å². The lowest BCUT2D eigenvalue weighted by Gasteiger charge is -2.10. The van der Waals surface area contributed by atoms with Crippen molar-refractivity contribution >= 4 is 35.2 Å². The second kappa shape index (κ2) is 10.7. The van der Waals surface area contributed by atoms with E-state index in [0.29, 0.717) is 23.1 Å². The van der Waals surface area contributed by atoms with Gasteiger partial charge >= 0.3 is 5.97 Å². The summed E-state index contributed by atoms with van der Waals surface area (Å²) in [5.41, 5.74) is 0.853. The molecule has 2 aromatic carbocycles. The van der Waals surface area contributed by atoms with Gasteiger partial charge in [-0.15, -0.1) is 11.8 Å². The fourth-order valence-corrected chi connectivity index (χ4v) is 3.29. The molecule has 7 heteroatoms. The molecule has 0 bridgehead atoms. The minimum atomic E-state index is -0.419. The van der Waals surface area contributed by atoms with E-state index in [0.717, 1.165) is 10.5 Å². The number of carbonyl (C=O) groups excluding carboxylic acids is 2. The number of hydrogen-bond acceptors (Lipinski definition) is 5. The summed E-state index contributed by atoms with van der Waals surface area (Å²) in [5.74, 6) is 0.451. The summed E-state index contributed by atoms with van der Waals surface area (Å²) in [4.78, 5) is 24.5. The molecule has 0 aliphatic carbocycles. The topological polar surface area (TPSA) is 64.6 Å². The number of rotatable bonds is 9. The zero-order valence-corrected chi connectivity index (χ0v) is 15.9. The third-order valence-electron chi connectivity index (χ3n) is 3.43. The van der Waals surface area contributed by atoms with E-state index in [9.17, 15) is 9.59 Å². The molecule has 0 aromatic heterocycles. The van der Waals surface area contributed by atoms with Gasteiger partial charge in [-0.1, -0.05) is 41.9 Å². The van der Waals surface area contributed by atoms with Crippen LogP contribution in [0.15, 0.2) is 53.4 Å². The van der Waals surface area contributed by atoms with Crippen molar-refractivity contribution in [2.24, 2.45) is 0 Å². The maximum atomic E-state index is 11.8. The van der Waals surface area contributed by atoms with Crippen molar-refractivity contribution in [1.82, 2.24) is 5.32 Å². The molecule has 0 aliphatic heterocycles. The Hall–Kier alpha value is -2.18. The second-order valence-electron chi connectivity index (χ2n) is 5.28. The van der Waals surface area contributed by atoms with Gasteiger partial charge in [0.05, 0.1) is 18.6 Å². The molecule has 0 atom stereocenters. The Bertz CT molecular complexity index is 754. The van der Waals surface area contributed by atoms with Crippen molar-refractivity contribution in [2.75, 3.05) is 19.5 Å². The number of thioether (sulfide) groups is 1. The largest absolute Gasteiger partial charge is 0.496 e. The van der Waals surface area contributed by atoms with Gasteiger partial charge in [0.25, 0.3) is 5.91 Å². The van der Waals surface area contributed by atoms with Crippen LogP contribution in [0.25, 0.3) is 0 Å². The van der Waals surface area contributed by atoms with Crippen molar-refractivity contribution in [2.45, 2.75) is 17.9 Å². The molecular formula is C19H20ClNO4S. The van der Waals surface area contributed by atoms with Crippen molar-refractivity contribution in [1.29, 1.82) is 0 Å². The van der Waals surface area contributed by atoms with Crippen LogP contribution in [0, 0.1) is 0 Å². The quantitative estimate of drug-likeness (QED) is 0.520. The van der Waals surface area contributed by atoms with E-state index in [-0.39, 0.29) is 18.9 Å². The predicted octanol–water partition coefficient (Wildman–Crippen LogP) is 3.69. The number of halogens is 1. The molecular weight excluding hydrogens is 374 g/mol. The fraction of sp³-hybridized carbons (Fsp3) is 0.263. The average Bonchev–Trinajstić information content (AvgIpc) is 2.66. The van der Waals surface area contributed by atoms with E-state index in [2.05, 4.69) is 5.32 Å². The van der Waals surface area contributed by atoms with Crippen molar-refractivity contribution in [3.05, 3.63) is 59.1 Å². The molecule has 0 saturated carbocycles. The van der Waals surface area contributed by atoms with Crippen LogP contribution in [0.5, 0.6) is 5.75 Å². The number of amides is 1. The predicted molar refractivity (Wildman–Crippen MR) is 103 cm³/mol. The summed E-state index contributed by atoms with van der Waals surface area (Å²) in [6.07, 6.45) is 0.204. The third kappa shape index (κ3) is 6.61. The molecule has 2 aromatic rings. The van der Waals surface area contributed by atoms with Gasteiger partial charge in [-0.05, 0) is 18.2 Å². The Morgan fingerprint density at radius 2 is 1.85 bits per heavy atom. The minimum Gasteiger partial charge on any atom is -0.496 e. The molecule has 26 heavy (non-hydrogen) atoms. The smallest absolute Gasteiger partial charge is 0.307 e. The van der Waals surface area contributed by atoms with Crippen LogP contribution in [-0.2, 0) is 20.9 Å². The molecule has 1 amide bonds. The first-order valence-electron chi connectivity index (χ1n) is 8.01. The first-order chi connectivity index (χ1) is 12.6. The molecule has 2 rings (SSSR count). The maximum Gasteiger partial charge on any atom is 0.307 e. The molecule has 1 N–H and O–H groups in total. The Kier molecular flexibility index (Phi) is 8.31. The van der Waals surface area contributed by atoms with E-state index in [4.69, 9.17) is 21.1 Å². The summed E-state index contributed by atoms with van der Waals surface area (Å²) in [7, 11) is 1.57. The lowest BCUT2D eigenvalue weighted by molar-refractivity contribution is -0.148. The summed E-state index contributed by atoms with van der Waals surface area (Å²) in [6.45, 7) is 0.00744. The van der Waals surface area contributed by atoms with Crippen LogP contribution in [0.2, 0.25) is 5.02 Å². The highest BCUT2D eigenvalue weighted by Gasteiger charge is 2.09. The lowest BCUT2D eigenvalue weighted by atomic mass is 10.2. The van der Waals surface area contributed by atoms with Crippen LogP contribution >= 0.6 is 23.4 Å². The van der Waals surface area contributed by atoms with Crippen molar-refractivity contribution in [3.63, 3.8) is 0 Å². The van der Waals surface area contributed by atoms with Gasteiger partial charge in [-0.2, -0.15) is 0 Å². The van der Waals surface area contributed by atoms with E-state index in [1.165, 1.54) is 11.8 Å². The Morgan fingerprint density at radius 1 is 1.12 bits per heavy atom. The van der Waals surface area contributed by atoms with Gasteiger partial charge in [0.2, 0.25) is 0 Å². The van der Waals surface area contributed by atoms with Crippen LogP contribution in [-0.4, -0.2) is 31.3 Å². The molecule has 0 radical (unpaired) electrons. The van der Waals surface area contributed by atoms with Crippen LogP contribution in [0.1, 0.15) is 12.0 Å². The van der Waals surface area contributed by atoms with Crippen molar-refractivity contribution < 1.29 is 19.1 Å². The van der Waals surface area contributed by atoms with Gasteiger partial charge in [-0.3, -0.25) is 9.59 Å². The third-order valence-corrected chi connectivity index (χ3v) is 4.95. The standard InChI is InChI=1S/C19H20ClNO4S/c1-24-16-8-4-2-6-14(16)12-21-18(22)13-25-19(23)10-11-26-17-9-5-3-7-15(17)20/h2-9H,10-13H2,1H3,(H,21,22). The zero-order chi connectivity index (χ0) is 18.8. The number of benzene rings is 2. The summed E-state index contributed by atoms with van der Waals surface area (Å²) in [6, 6.07) is 14.8. The van der Waals surface area contributed by atoms with Gasteiger partial charge in [-0.25, -0.2) is 0 Å². The van der Waals surface area contributed by atoms with Gasteiger partial charge in [0.1, 0.15) is 5.75 Å². The fourth-order valence-electron chi connectivity index (χ4n) is 2.12. The molecule has 0 fully saturated rings. The molecule has 0 spiro atoms. The average molecular weight is 394 g/mol. The second-order valence-corrected chi connectivity index (χ2v) is 6.82. The Balaban J connectivity index is 1.65. The summed E-state index contributed by atoms with van der Waals surface area (Å²) >= 11 is 7.52. The van der Waals surface area contributed by atoms with Gasteiger partial charge in [0.15, 0.2) is 6.61 Å². The minimum absolute atomic E-state index is 0.204. The normalized spacial score (nSPS) is 10.2. The number of para-hydroxylation sites is 1. The SMILES string of the molecule is COc1ccccc1CNC(=O)COC(=O)CCSc1ccccc1Cl. The molecule has 5 nitrogen and oxygen atoms in total. The highest BCUT2D eigenvalue weighted by Crippen LogP contribution is 2.26. The van der Waals surface area contributed by atoms with Gasteiger partial charge in [0, 0.05) is 22.8 Å². The number of hydrogen-bond donors (Lipinski definition) is 1. The van der Waals surface area contributed by atoms with Crippen LogP contribution < -0.4 is 10.1 Å². The Labute approximate surface area is 162 Å². The molecule has 0 aliphatic rings. The monoisotopic (exact) mass is 393 g/mol. The molecule has 0 heterocycles. The molecule has 0 unspecified atom stereocenters. The maximum absolute atomic E-state index is 11.8. The molecule has 138 valence electrons. The number of nitrogens with one attached hydrogen (secondary N) is 1. The van der Waals surface area contributed by atoms with Crippen LogP contribution in [0.4, 0.5) is 0 Å². The highest BCUT2D eigenvalue weighted by molar-refractivity contribution is 7.99. The van der Waals surface area contributed by atoms with Gasteiger partial charge < -0.3 is 14.8 Å². The van der Waals surface area contributed by atoms with E-state index in [1.807, 2.05) is 42.5 Å². The summed E-state index contributed by atoms with van der Waals surface area (Å²) in [5, 5.41) is 3.35. The summed E-state index contributed by atoms with van der Waals surface area (Å²) < 4.78 is 10.2. The lowest BCUT2D eigenvalue weighted by Crippen LogP contribution is -2.28. The van der Waals surface area contributed by atoms with Crippen LogP contribution in [0.3, 0.4) is 0 Å². The van der Waals surface area contributed by atoms with E-state index < -0.39 is 5.97 Å². The van der Waals surface area contributed by atoms with Crippen molar-refractivity contribution in [3.8, 4) is 5.75 Å². The molecule has 0 saturated heterocycles. The number of ether oxygens (including phenoxy) is 2. The first kappa shape index (κ1) is 20.1. The van der Waals surface area contributed by atoms with E-state index >= 15 is 0 Å². The number of carbonyl (C=O) groups is 2. The highest BCUT2D eigenvalue weighted by atomic mass is 35.5. The Morgan fingerprint density at radius 3 is 2.62 bits per heavy atom. The number of esters is 1. The zero-order valence-electron chi connectivity index (χ0n) is 14.4. The first-order valence-corrected chi connectivity index (χ1v) is 9.38.